The molecule has 2 heterocycles. The minimum atomic E-state index is -0.568. The molecule has 31 heavy (non-hydrogen) atoms. The molecular formula is C23H28N4O4. The van der Waals surface area contributed by atoms with Gasteiger partial charge in [-0.1, -0.05) is 6.07 Å². The Morgan fingerprint density at radius 3 is 2.48 bits per heavy atom. The summed E-state index contributed by atoms with van der Waals surface area (Å²) in [6.07, 6.45) is -0.568. The minimum absolute atomic E-state index is 0.227. The number of hydrogen-bond donors (Lipinski definition) is 1. The molecule has 0 spiro atoms. The van der Waals surface area contributed by atoms with Crippen LogP contribution in [0.2, 0.25) is 0 Å². The van der Waals surface area contributed by atoms with E-state index in [9.17, 15) is 5.11 Å². The lowest BCUT2D eigenvalue weighted by atomic mass is 10.2. The van der Waals surface area contributed by atoms with Crippen LogP contribution in [-0.2, 0) is 0 Å². The van der Waals surface area contributed by atoms with Gasteiger partial charge in [0, 0.05) is 50.9 Å². The zero-order chi connectivity index (χ0) is 21.6. The normalized spacial score (nSPS) is 15.6. The number of aromatic nitrogens is 2. The van der Waals surface area contributed by atoms with Gasteiger partial charge in [-0.2, -0.15) is 0 Å². The van der Waals surface area contributed by atoms with Crippen LogP contribution in [0.5, 0.6) is 11.5 Å². The second kappa shape index (κ2) is 9.80. The quantitative estimate of drug-likeness (QED) is 0.591. The van der Waals surface area contributed by atoms with Crippen molar-refractivity contribution in [1.82, 2.24) is 15.1 Å². The maximum absolute atomic E-state index is 10.5. The summed E-state index contributed by atoms with van der Waals surface area (Å²) >= 11 is 0. The van der Waals surface area contributed by atoms with Crippen LogP contribution in [0, 0.1) is 6.92 Å². The molecule has 1 N–H and O–H groups in total. The molecule has 3 aromatic rings. The SMILES string of the molecule is COc1ccc(N2CCN(CC(O)COc3cccc(-c4nnc(C)o4)c3)CC2)cc1. The fourth-order valence-corrected chi connectivity index (χ4v) is 3.66. The first kappa shape index (κ1) is 21.1. The fraction of sp³-hybridized carbons (Fsp3) is 0.391. The topological polar surface area (TPSA) is 84.1 Å². The van der Waals surface area contributed by atoms with E-state index < -0.39 is 6.10 Å². The van der Waals surface area contributed by atoms with Crippen molar-refractivity contribution >= 4 is 5.69 Å². The van der Waals surface area contributed by atoms with E-state index in [0.717, 1.165) is 37.5 Å². The molecule has 1 unspecified atom stereocenters. The molecule has 0 amide bonds. The molecule has 0 aliphatic carbocycles. The number of aryl methyl sites for hydroxylation is 1. The van der Waals surface area contributed by atoms with E-state index >= 15 is 0 Å². The Hall–Kier alpha value is -3.10. The highest BCUT2D eigenvalue weighted by molar-refractivity contribution is 5.55. The molecule has 164 valence electrons. The molecule has 1 saturated heterocycles. The summed E-state index contributed by atoms with van der Waals surface area (Å²) in [5.74, 6) is 2.50. The van der Waals surface area contributed by atoms with E-state index in [0.29, 0.717) is 24.1 Å². The van der Waals surface area contributed by atoms with Crippen LogP contribution in [0.3, 0.4) is 0 Å². The second-order valence-corrected chi connectivity index (χ2v) is 7.60. The van der Waals surface area contributed by atoms with E-state index in [2.05, 4.69) is 32.1 Å². The van der Waals surface area contributed by atoms with Crippen LogP contribution in [0.25, 0.3) is 11.5 Å². The van der Waals surface area contributed by atoms with E-state index in [1.165, 1.54) is 5.69 Å². The molecule has 4 rings (SSSR count). The largest absolute Gasteiger partial charge is 0.497 e. The van der Waals surface area contributed by atoms with E-state index in [-0.39, 0.29) is 6.61 Å². The number of ether oxygens (including phenoxy) is 2. The molecule has 1 atom stereocenters. The van der Waals surface area contributed by atoms with Crippen LogP contribution >= 0.6 is 0 Å². The number of piperazine rings is 1. The van der Waals surface area contributed by atoms with Crippen molar-refractivity contribution in [3.63, 3.8) is 0 Å². The van der Waals surface area contributed by atoms with Crippen LogP contribution in [0.4, 0.5) is 5.69 Å². The molecule has 0 radical (unpaired) electrons. The number of hydrogen-bond acceptors (Lipinski definition) is 8. The first-order valence-electron chi connectivity index (χ1n) is 10.4. The highest BCUT2D eigenvalue weighted by atomic mass is 16.5. The summed E-state index contributed by atoms with van der Waals surface area (Å²) in [6, 6.07) is 15.6. The van der Waals surface area contributed by atoms with Gasteiger partial charge < -0.3 is 23.9 Å². The molecule has 1 aliphatic rings. The third-order valence-electron chi connectivity index (χ3n) is 5.33. The standard InChI is InChI=1S/C23H28N4O4/c1-17-24-25-23(31-17)18-4-3-5-22(14-18)30-16-20(28)15-26-10-12-27(13-11-26)19-6-8-21(29-2)9-7-19/h3-9,14,20,28H,10-13,15-16H2,1-2H3. The lowest BCUT2D eigenvalue weighted by Gasteiger charge is -2.36. The van der Waals surface area contributed by atoms with Crippen molar-refractivity contribution in [2.24, 2.45) is 0 Å². The first-order valence-corrected chi connectivity index (χ1v) is 10.4. The number of benzene rings is 2. The molecule has 1 fully saturated rings. The Labute approximate surface area is 182 Å². The van der Waals surface area contributed by atoms with Gasteiger partial charge in [0.1, 0.15) is 24.2 Å². The Morgan fingerprint density at radius 2 is 1.81 bits per heavy atom. The number of anilines is 1. The van der Waals surface area contributed by atoms with Crippen molar-refractivity contribution in [3.8, 4) is 23.0 Å². The van der Waals surface area contributed by atoms with Crippen LogP contribution in [0.1, 0.15) is 5.89 Å². The average molecular weight is 425 g/mol. The predicted molar refractivity (Wildman–Crippen MR) is 118 cm³/mol. The smallest absolute Gasteiger partial charge is 0.247 e. The van der Waals surface area contributed by atoms with Crippen molar-refractivity contribution in [3.05, 3.63) is 54.4 Å². The van der Waals surface area contributed by atoms with Gasteiger partial charge in [-0.15, -0.1) is 10.2 Å². The molecule has 1 aromatic heterocycles. The lowest BCUT2D eigenvalue weighted by molar-refractivity contribution is 0.0663. The Kier molecular flexibility index (Phi) is 6.69. The summed E-state index contributed by atoms with van der Waals surface area (Å²) in [5, 5.41) is 18.3. The second-order valence-electron chi connectivity index (χ2n) is 7.60. The van der Waals surface area contributed by atoms with Crippen LogP contribution in [0.15, 0.2) is 52.9 Å². The number of nitrogens with zero attached hydrogens (tertiary/aromatic N) is 4. The summed E-state index contributed by atoms with van der Waals surface area (Å²) < 4.78 is 16.5. The van der Waals surface area contributed by atoms with Gasteiger partial charge in [-0.05, 0) is 42.5 Å². The first-order chi connectivity index (χ1) is 15.1. The van der Waals surface area contributed by atoms with E-state index in [4.69, 9.17) is 13.9 Å². The van der Waals surface area contributed by atoms with Crippen LogP contribution < -0.4 is 14.4 Å². The summed E-state index contributed by atoms with van der Waals surface area (Å²) in [7, 11) is 1.67. The highest BCUT2D eigenvalue weighted by Crippen LogP contribution is 2.23. The van der Waals surface area contributed by atoms with Gasteiger partial charge in [0.2, 0.25) is 11.8 Å². The number of methoxy groups -OCH3 is 1. The predicted octanol–water partition coefficient (Wildman–Crippen LogP) is 2.62. The monoisotopic (exact) mass is 424 g/mol. The van der Waals surface area contributed by atoms with Gasteiger partial charge >= 0.3 is 0 Å². The summed E-state index contributed by atoms with van der Waals surface area (Å²) in [5.41, 5.74) is 1.99. The molecule has 1 aliphatic heterocycles. The van der Waals surface area contributed by atoms with E-state index in [1.807, 2.05) is 36.4 Å². The highest BCUT2D eigenvalue weighted by Gasteiger charge is 2.20. The lowest BCUT2D eigenvalue weighted by Crippen LogP contribution is -2.49. The summed E-state index contributed by atoms with van der Waals surface area (Å²) in [4.78, 5) is 4.62. The van der Waals surface area contributed by atoms with Crippen molar-refractivity contribution < 1.29 is 19.0 Å². The molecule has 8 heteroatoms. The molecule has 8 nitrogen and oxygen atoms in total. The molecule has 2 aromatic carbocycles. The van der Waals surface area contributed by atoms with Crippen molar-refractivity contribution in [2.45, 2.75) is 13.0 Å². The Balaban J connectivity index is 1.23. The molecule has 0 saturated carbocycles. The number of aliphatic hydroxyl groups excluding tert-OH is 1. The zero-order valence-electron chi connectivity index (χ0n) is 17.9. The van der Waals surface area contributed by atoms with E-state index in [1.54, 1.807) is 14.0 Å². The van der Waals surface area contributed by atoms with Gasteiger partial charge in [0.15, 0.2) is 0 Å². The maximum Gasteiger partial charge on any atom is 0.247 e. The third-order valence-corrected chi connectivity index (χ3v) is 5.33. The molecule has 0 bridgehead atoms. The fourth-order valence-electron chi connectivity index (χ4n) is 3.66. The maximum atomic E-state index is 10.5. The van der Waals surface area contributed by atoms with Gasteiger partial charge in [-0.3, -0.25) is 4.90 Å². The Morgan fingerprint density at radius 1 is 1.03 bits per heavy atom. The van der Waals surface area contributed by atoms with Gasteiger partial charge in [0.05, 0.1) is 7.11 Å². The minimum Gasteiger partial charge on any atom is -0.497 e. The zero-order valence-corrected chi connectivity index (χ0v) is 17.9. The average Bonchev–Trinajstić information content (AvgIpc) is 3.25. The Bertz CT molecular complexity index is 968. The molecular weight excluding hydrogens is 396 g/mol. The number of rotatable bonds is 8. The van der Waals surface area contributed by atoms with Gasteiger partial charge in [0.25, 0.3) is 0 Å². The third kappa shape index (κ3) is 5.53. The summed E-state index contributed by atoms with van der Waals surface area (Å²) in [6.45, 7) is 6.20. The van der Waals surface area contributed by atoms with Crippen LogP contribution in [-0.4, -0.2) is 72.7 Å². The van der Waals surface area contributed by atoms with Crippen molar-refractivity contribution in [2.75, 3.05) is 51.3 Å². The van der Waals surface area contributed by atoms with Gasteiger partial charge in [-0.25, -0.2) is 0 Å². The number of β-amino-alcohol motifs (C(OH)–C–C–N with tert-alkyl or cyclic N) is 1. The van der Waals surface area contributed by atoms with Crippen molar-refractivity contribution in [1.29, 1.82) is 0 Å². The number of aliphatic hydroxyl groups is 1.